The average Bonchev–Trinajstić information content (AvgIpc) is 2.86. The summed E-state index contributed by atoms with van der Waals surface area (Å²) in [4.78, 5) is 12.2. The van der Waals surface area contributed by atoms with E-state index in [1.807, 2.05) is 0 Å². The summed E-state index contributed by atoms with van der Waals surface area (Å²) in [5, 5.41) is 2.79. The molecule has 0 heterocycles. The molecular weight excluding hydrogens is 281 g/mol. The smallest absolute Gasteiger partial charge is 0.348 e. The van der Waals surface area contributed by atoms with E-state index in [1.54, 1.807) is 6.92 Å². The quantitative estimate of drug-likeness (QED) is 0.901. The van der Waals surface area contributed by atoms with Crippen LogP contribution in [0.2, 0.25) is 0 Å². The molecule has 1 amide bonds. The molecule has 116 valence electrons. The Kier molecular flexibility index (Phi) is 4.27. The van der Waals surface area contributed by atoms with E-state index in [1.165, 1.54) is 12.1 Å². The highest BCUT2D eigenvalue weighted by Gasteiger charge is 2.37. The number of halogens is 3. The number of rotatable bonds is 3. The van der Waals surface area contributed by atoms with Crippen LogP contribution in [0.1, 0.15) is 49.8 Å². The van der Waals surface area contributed by atoms with Gasteiger partial charge in [0.05, 0.1) is 17.1 Å². The lowest BCUT2D eigenvalue weighted by Gasteiger charge is -2.25. The van der Waals surface area contributed by atoms with Gasteiger partial charge in [0.1, 0.15) is 0 Å². The monoisotopic (exact) mass is 300 g/mol. The van der Waals surface area contributed by atoms with Crippen molar-refractivity contribution >= 4 is 5.91 Å². The van der Waals surface area contributed by atoms with Crippen LogP contribution in [0.15, 0.2) is 24.3 Å². The zero-order chi connectivity index (χ0) is 15.7. The number of hydrogen-bond donors (Lipinski definition) is 2. The molecule has 2 rings (SSSR count). The topological polar surface area (TPSA) is 55.1 Å². The van der Waals surface area contributed by atoms with Crippen molar-refractivity contribution in [2.24, 2.45) is 5.73 Å². The second-order valence-corrected chi connectivity index (χ2v) is 5.68. The Morgan fingerprint density at radius 2 is 1.76 bits per heavy atom. The van der Waals surface area contributed by atoms with E-state index >= 15 is 0 Å². The summed E-state index contributed by atoms with van der Waals surface area (Å²) in [6.45, 7) is 1.73. The van der Waals surface area contributed by atoms with Crippen molar-refractivity contribution in [2.75, 3.05) is 0 Å². The molecule has 1 unspecified atom stereocenters. The Morgan fingerprint density at radius 3 is 2.24 bits per heavy atom. The van der Waals surface area contributed by atoms with Crippen LogP contribution in [0.25, 0.3) is 0 Å². The Hall–Kier alpha value is -1.56. The summed E-state index contributed by atoms with van der Waals surface area (Å²) in [5.74, 6) is -0.229. The summed E-state index contributed by atoms with van der Waals surface area (Å²) in [6.07, 6.45) is -1.19. The first-order valence-electron chi connectivity index (χ1n) is 6.99. The first-order chi connectivity index (χ1) is 9.72. The van der Waals surface area contributed by atoms with E-state index < -0.39 is 17.3 Å². The van der Waals surface area contributed by atoms with Crippen molar-refractivity contribution in [1.29, 1.82) is 0 Å². The maximum Gasteiger partial charge on any atom is 0.416 e. The van der Waals surface area contributed by atoms with E-state index in [-0.39, 0.29) is 11.9 Å². The van der Waals surface area contributed by atoms with E-state index in [0.29, 0.717) is 18.4 Å². The number of carbonyl (C=O) groups is 1. The molecule has 3 N–H and O–H groups in total. The van der Waals surface area contributed by atoms with Crippen molar-refractivity contribution in [2.45, 2.75) is 50.4 Å². The number of nitrogens with two attached hydrogens (primary N) is 1. The van der Waals surface area contributed by atoms with Gasteiger partial charge >= 0.3 is 6.18 Å². The number of carbonyl (C=O) groups excluding carboxylic acids is 1. The average molecular weight is 300 g/mol. The van der Waals surface area contributed by atoms with Crippen LogP contribution in [-0.4, -0.2) is 11.4 Å². The van der Waals surface area contributed by atoms with Crippen molar-refractivity contribution in [1.82, 2.24) is 5.32 Å². The Balaban J connectivity index is 2.03. The Labute approximate surface area is 121 Å². The second kappa shape index (κ2) is 5.67. The summed E-state index contributed by atoms with van der Waals surface area (Å²) in [5.41, 5.74) is 5.14. The zero-order valence-electron chi connectivity index (χ0n) is 11.8. The summed E-state index contributed by atoms with van der Waals surface area (Å²) in [6, 6.07) is 4.43. The van der Waals surface area contributed by atoms with Gasteiger partial charge < -0.3 is 11.1 Å². The van der Waals surface area contributed by atoms with Gasteiger partial charge in [0.25, 0.3) is 0 Å². The first-order valence-corrected chi connectivity index (χ1v) is 6.99. The molecule has 1 aliphatic rings. The maximum absolute atomic E-state index is 12.5. The number of hydrogen-bond acceptors (Lipinski definition) is 2. The first kappa shape index (κ1) is 15.8. The maximum atomic E-state index is 12.5. The van der Waals surface area contributed by atoms with Crippen molar-refractivity contribution in [3.05, 3.63) is 35.4 Å². The van der Waals surface area contributed by atoms with Crippen molar-refractivity contribution < 1.29 is 18.0 Å². The van der Waals surface area contributed by atoms with Crippen molar-refractivity contribution in [3.63, 3.8) is 0 Å². The Morgan fingerprint density at radius 1 is 1.24 bits per heavy atom. The molecule has 0 radical (unpaired) electrons. The second-order valence-electron chi connectivity index (χ2n) is 5.68. The van der Waals surface area contributed by atoms with E-state index in [0.717, 1.165) is 25.0 Å². The third kappa shape index (κ3) is 3.56. The lowest BCUT2D eigenvalue weighted by molar-refractivity contribution is -0.137. The third-order valence-electron chi connectivity index (χ3n) is 4.03. The van der Waals surface area contributed by atoms with Gasteiger partial charge in [-0.15, -0.1) is 0 Å². The molecule has 1 atom stereocenters. The van der Waals surface area contributed by atoms with Crippen LogP contribution in [-0.2, 0) is 11.0 Å². The van der Waals surface area contributed by atoms with Crippen LogP contribution in [0, 0.1) is 0 Å². The van der Waals surface area contributed by atoms with E-state index in [9.17, 15) is 18.0 Å². The fraction of sp³-hybridized carbons (Fsp3) is 0.533. The fourth-order valence-corrected chi connectivity index (χ4v) is 2.62. The number of alkyl halides is 3. The van der Waals surface area contributed by atoms with Gasteiger partial charge in [0.15, 0.2) is 0 Å². The lowest BCUT2D eigenvalue weighted by Crippen LogP contribution is -2.52. The van der Waals surface area contributed by atoms with E-state index in [4.69, 9.17) is 5.73 Å². The summed E-state index contributed by atoms with van der Waals surface area (Å²) in [7, 11) is 0. The molecular formula is C15H19F3N2O. The van der Waals surface area contributed by atoms with Gasteiger partial charge in [-0.3, -0.25) is 4.79 Å². The molecule has 0 saturated heterocycles. The van der Waals surface area contributed by atoms with E-state index in [2.05, 4.69) is 5.32 Å². The van der Waals surface area contributed by atoms with Gasteiger partial charge in [-0.05, 0) is 37.5 Å². The summed E-state index contributed by atoms with van der Waals surface area (Å²) < 4.78 is 37.5. The van der Waals surface area contributed by atoms with Gasteiger partial charge in [-0.25, -0.2) is 0 Å². The van der Waals surface area contributed by atoms with Crippen LogP contribution < -0.4 is 11.1 Å². The van der Waals surface area contributed by atoms with Crippen LogP contribution in [0.5, 0.6) is 0 Å². The molecule has 0 spiro atoms. The largest absolute Gasteiger partial charge is 0.416 e. The molecule has 1 fully saturated rings. The van der Waals surface area contributed by atoms with Gasteiger partial charge in [-0.1, -0.05) is 25.0 Å². The molecule has 21 heavy (non-hydrogen) atoms. The van der Waals surface area contributed by atoms with Crippen LogP contribution >= 0.6 is 0 Å². The SMILES string of the molecule is CC(NC(=O)C1(N)CCCC1)c1ccc(C(F)(F)F)cc1. The molecule has 0 bridgehead atoms. The van der Waals surface area contributed by atoms with Crippen molar-refractivity contribution in [3.8, 4) is 0 Å². The molecule has 1 saturated carbocycles. The molecule has 1 aliphatic carbocycles. The molecule has 0 aromatic heterocycles. The lowest BCUT2D eigenvalue weighted by atomic mass is 9.97. The standard InChI is InChI=1S/C15H19F3N2O/c1-10(20-13(21)14(19)8-2-3-9-14)11-4-6-12(7-5-11)15(16,17)18/h4-7,10H,2-3,8-9,19H2,1H3,(H,20,21). The normalized spacial score (nSPS) is 19.3. The number of benzene rings is 1. The Bertz CT molecular complexity index is 505. The predicted octanol–water partition coefficient (Wildman–Crippen LogP) is 3.15. The highest BCUT2D eigenvalue weighted by atomic mass is 19.4. The van der Waals surface area contributed by atoms with Gasteiger partial charge in [0.2, 0.25) is 5.91 Å². The molecule has 1 aromatic carbocycles. The predicted molar refractivity (Wildman–Crippen MR) is 73.4 cm³/mol. The molecule has 1 aromatic rings. The molecule has 6 heteroatoms. The zero-order valence-corrected chi connectivity index (χ0v) is 11.8. The highest BCUT2D eigenvalue weighted by Crippen LogP contribution is 2.31. The third-order valence-corrected chi connectivity index (χ3v) is 4.03. The minimum absolute atomic E-state index is 0.229. The van der Waals surface area contributed by atoms with Gasteiger partial charge in [0, 0.05) is 0 Å². The highest BCUT2D eigenvalue weighted by molar-refractivity contribution is 5.86. The van der Waals surface area contributed by atoms with Gasteiger partial charge in [-0.2, -0.15) is 13.2 Å². The number of amides is 1. The molecule has 0 aliphatic heterocycles. The molecule has 3 nitrogen and oxygen atoms in total. The fourth-order valence-electron chi connectivity index (χ4n) is 2.62. The minimum atomic E-state index is -4.35. The van der Waals surface area contributed by atoms with Crippen LogP contribution in [0.3, 0.4) is 0 Å². The van der Waals surface area contributed by atoms with Crippen LogP contribution in [0.4, 0.5) is 13.2 Å². The minimum Gasteiger partial charge on any atom is -0.348 e. The number of nitrogens with one attached hydrogen (secondary N) is 1. The summed E-state index contributed by atoms with van der Waals surface area (Å²) >= 11 is 0.